The van der Waals surface area contributed by atoms with E-state index >= 15 is 0 Å². The third-order valence-electron chi connectivity index (χ3n) is 4.00. The number of hydrogen-bond acceptors (Lipinski definition) is 6. The monoisotopic (exact) mass is 327 g/mol. The Labute approximate surface area is 141 Å². The fraction of sp³-hybridized carbons (Fsp3) is 0.471. The highest BCUT2D eigenvalue weighted by atomic mass is 16.5. The summed E-state index contributed by atoms with van der Waals surface area (Å²) in [6, 6.07) is 3.64. The zero-order chi connectivity index (χ0) is 16.9. The molecule has 2 aromatic heterocycles. The molecule has 126 valence electrons. The zero-order valence-corrected chi connectivity index (χ0v) is 14.0. The van der Waals surface area contributed by atoms with Gasteiger partial charge in [0.2, 0.25) is 0 Å². The molecule has 1 aliphatic heterocycles. The number of aromatic nitrogens is 4. The molecule has 0 saturated carbocycles. The van der Waals surface area contributed by atoms with Crippen molar-refractivity contribution >= 4 is 5.91 Å². The Morgan fingerprint density at radius 1 is 1.33 bits per heavy atom. The van der Waals surface area contributed by atoms with Crippen LogP contribution in [0.1, 0.15) is 34.1 Å². The topological polar surface area (TPSA) is 81.1 Å². The number of carbonyl (C=O) groups excluding carboxylic acids is 1. The van der Waals surface area contributed by atoms with Crippen molar-refractivity contribution in [2.24, 2.45) is 0 Å². The Balaban J connectivity index is 1.59. The molecule has 3 rings (SSSR count). The van der Waals surface area contributed by atoms with Crippen LogP contribution in [0.4, 0.5) is 0 Å². The molecule has 7 heteroatoms. The lowest BCUT2D eigenvalue weighted by atomic mass is 10.1. The molecule has 0 N–H and O–H groups in total. The Morgan fingerprint density at radius 3 is 3.00 bits per heavy atom. The Bertz CT molecular complexity index is 722. The minimum Gasteiger partial charge on any atom is -0.375 e. The van der Waals surface area contributed by atoms with E-state index in [1.165, 1.54) is 0 Å². The van der Waals surface area contributed by atoms with Crippen molar-refractivity contribution in [3.8, 4) is 0 Å². The SMILES string of the molecule is Cc1cc(CC[C@@H]2CN(C(=O)c3ccnc(C)n3)CCO2)ncn1. The van der Waals surface area contributed by atoms with E-state index in [4.69, 9.17) is 4.74 Å². The lowest BCUT2D eigenvalue weighted by Crippen LogP contribution is -2.46. The van der Waals surface area contributed by atoms with Crippen LogP contribution in [-0.4, -0.2) is 56.5 Å². The number of hydrogen-bond donors (Lipinski definition) is 0. The highest BCUT2D eigenvalue weighted by Crippen LogP contribution is 2.14. The van der Waals surface area contributed by atoms with Gasteiger partial charge in [-0.2, -0.15) is 0 Å². The molecule has 0 spiro atoms. The minimum atomic E-state index is -0.0633. The lowest BCUT2D eigenvalue weighted by molar-refractivity contribution is -0.0248. The van der Waals surface area contributed by atoms with Gasteiger partial charge in [0.25, 0.3) is 5.91 Å². The Kier molecular flexibility index (Phi) is 5.10. The molecule has 0 aromatic carbocycles. The van der Waals surface area contributed by atoms with Gasteiger partial charge in [-0.05, 0) is 38.8 Å². The van der Waals surface area contributed by atoms with Gasteiger partial charge in [-0.1, -0.05) is 0 Å². The quantitative estimate of drug-likeness (QED) is 0.843. The normalized spacial score (nSPS) is 17.8. The van der Waals surface area contributed by atoms with Crippen LogP contribution in [0.2, 0.25) is 0 Å². The molecular formula is C17H21N5O2. The largest absolute Gasteiger partial charge is 0.375 e. The van der Waals surface area contributed by atoms with E-state index in [2.05, 4.69) is 19.9 Å². The van der Waals surface area contributed by atoms with E-state index in [0.29, 0.717) is 31.2 Å². The van der Waals surface area contributed by atoms with Gasteiger partial charge in [0, 0.05) is 30.7 Å². The van der Waals surface area contributed by atoms with E-state index < -0.39 is 0 Å². The number of ether oxygens (including phenoxy) is 1. The molecule has 0 bridgehead atoms. The average molecular weight is 327 g/mol. The van der Waals surface area contributed by atoms with Crippen LogP contribution < -0.4 is 0 Å². The summed E-state index contributed by atoms with van der Waals surface area (Å²) in [6.45, 7) is 5.44. The van der Waals surface area contributed by atoms with Crippen LogP contribution >= 0.6 is 0 Å². The summed E-state index contributed by atoms with van der Waals surface area (Å²) in [4.78, 5) is 31.0. The van der Waals surface area contributed by atoms with Gasteiger partial charge >= 0.3 is 0 Å². The first-order valence-electron chi connectivity index (χ1n) is 8.10. The first-order valence-corrected chi connectivity index (χ1v) is 8.10. The van der Waals surface area contributed by atoms with Gasteiger partial charge in [-0.15, -0.1) is 0 Å². The molecule has 0 radical (unpaired) electrons. The number of amides is 1. The fourth-order valence-corrected chi connectivity index (χ4v) is 2.77. The number of nitrogens with zero attached hydrogens (tertiary/aromatic N) is 5. The van der Waals surface area contributed by atoms with E-state index in [1.807, 2.05) is 13.0 Å². The van der Waals surface area contributed by atoms with E-state index in [9.17, 15) is 4.79 Å². The van der Waals surface area contributed by atoms with Crippen LogP contribution in [0.3, 0.4) is 0 Å². The number of aryl methyl sites for hydroxylation is 3. The smallest absolute Gasteiger partial charge is 0.272 e. The van der Waals surface area contributed by atoms with Gasteiger partial charge < -0.3 is 9.64 Å². The van der Waals surface area contributed by atoms with E-state index in [0.717, 1.165) is 24.2 Å². The predicted octanol–water partition coefficient (Wildman–Crippen LogP) is 1.36. The summed E-state index contributed by atoms with van der Waals surface area (Å²) in [5.74, 6) is 0.538. The van der Waals surface area contributed by atoms with Gasteiger partial charge in [0.15, 0.2) is 0 Å². The van der Waals surface area contributed by atoms with Gasteiger partial charge in [0.05, 0.1) is 12.7 Å². The van der Waals surface area contributed by atoms with Crippen molar-refractivity contribution in [2.45, 2.75) is 32.8 Å². The summed E-state index contributed by atoms with van der Waals surface area (Å²) < 4.78 is 5.80. The molecule has 7 nitrogen and oxygen atoms in total. The van der Waals surface area contributed by atoms with Crippen molar-refractivity contribution in [1.82, 2.24) is 24.8 Å². The van der Waals surface area contributed by atoms with E-state index in [1.54, 1.807) is 30.4 Å². The molecule has 0 unspecified atom stereocenters. The molecule has 1 saturated heterocycles. The second-order valence-electron chi connectivity index (χ2n) is 5.92. The molecule has 1 amide bonds. The first kappa shape index (κ1) is 16.4. The summed E-state index contributed by atoms with van der Waals surface area (Å²) in [6.07, 6.45) is 4.84. The summed E-state index contributed by atoms with van der Waals surface area (Å²) >= 11 is 0. The second kappa shape index (κ2) is 7.44. The van der Waals surface area contributed by atoms with Crippen LogP contribution in [0, 0.1) is 13.8 Å². The highest BCUT2D eigenvalue weighted by molar-refractivity contribution is 5.92. The second-order valence-corrected chi connectivity index (χ2v) is 5.92. The maximum atomic E-state index is 12.6. The molecule has 0 aliphatic carbocycles. The van der Waals surface area contributed by atoms with Crippen molar-refractivity contribution in [3.63, 3.8) is 0 Å². The van der Waals surface area contributed by atoms with Crippen LogP contribution in [0.15, 0.2) is 24.7 Å². The van der Waals surface area contributed by atoms with Crippen molar-refractivity contribution in [3.05, 3.63) is 47.6 Å². The molecule has 1 aliphatic rings. The fourth-order valence-electron chi connectivity index (χ4n) is 2.77. The Morgan fingerprint density at radius 2 is 2.21 bits per heavy atom. The molecule has 1 fully saturated rings. The molecular weight excluding hydrogens is 306 g/mol. The molecule has 24 heavy (non-hydrogen) atoms. The molecule has 3 heterocycles. The van der Waals surface area contributed by atoms with Crippen LogP contribution in [-0.2, 0) is 11.2 Å². The zero-order valence-electron chi connectivity index (χ0n) is 14.0. The Hall–Kier alpha value is -2.41. The van der Waals surface area contributed by atoms with Crippen molar-refractivity contribution < 1.29 is 9.53 Å². The van der Waals surface area contributed by atoms with Crippen LogP contribution in [0.25, 0.3) is 0 Å². The molecule has 2 aromatic rings. The summed E-state index contributed by atoms with van der Waals surface area (Å²) in [5, 5.41) is 0. The van der Waals surface area contributed by atoms with Gasteiger partial charge in [-0.3, -0.25) is 4.79 Å². The minimum absolute atomic E-state index is 0.0147. The summed E-state index contributed by atoms with van der Waals surface area (Å²) in [7, 11) is 0. The summed E-state index contributed by atoms with van der Waals surface area (Å²) in [5.41, 5.74) is 2.40. The number of rotatable bonds is 4. The van der Waals surface area contributed by atoms with Crippen LogP contribution in [0.5, 0.6) is 0 Å². The maximum Gasteiger partial charge on any atom is 0.272 e. The van der Waals surface area contributed by atoms with E-state index in [-0.39, 0.29) is 12.0 Å². The first-order chi connectivity index (χ1) is 11.6. The number of morpholine rings is 1. The van der Waals surface area contributed by atoms with Gasteiger partial charge in [0.1, 0.15) is 17.8 Å². The average Bonchev–Trinajstić information content (AvgIpc) is 2.60. The van der Waals surface area contributed by atoms with Crippen molar-refractivity contribution in [1.29, 1.82) is 0 Å². The third-order valence-corrected chi connectivity index (χ3v) is 4.00. The maximum absolute atomic E-state index is 12.6. The molecule has 1 atom stereocenters. The third kappa shape index (κ3) is 4.11. The number of carbonyl (C=O) groups is 1. The lowest BCUT2D eigenvalue weighted by Gasteiger charge is -2.32. The standard InChI is InChI=1S/C17H21N5O2/c1-12-9-14(20-11-19-12)3-4-15-10-22(7-8-24-15)17(23)16-5-6-18-13(2)21-16/h5-6,9,11,15H,3-4,7-8,10H2,1-2H3/t15-/m1/s1. The van der Waals surface area contributed by atoms with Gasteiger partial charge in [-0.25, -0.2) is 19.9 Å². The predicted molar refractivity (Wildman–Crippen MR) is 87.5 cm³/mol. The van der Waals surface area contributed by atoms with Crippen molar-refractivity contribution in [2.75, 3.05) is 19.7 Å². The highest BCUT2D eigenvalue weighted by Gasteiger charge is 2.25.